The number of rotatable bonds is 11. The Balaban J connectivity index is 0.00000302. The molecule has 0 saturated carbocycles. The van der Waals surface area contributed by atoms with E-state index in [0.717, 1.165) is 41.3 Å². The van der Waals surface area contributed by atoms with Crippen molar-refractivity contribution in [3.63, 3.8) is 0 Å². The molecule has 0 bridgehead atoms. The standard InChI is InChI=1S/C26H26B2F2N3O7.C2H4.K/c1-2-3-11-31-24(34)15-33(26(36)17-8-10-23(30)21(13-17)28(39)40)19-6-4-5-18(14-19)32-25(35)16-7-9-22(29)20(12-16)27(37)38;1-2;/h4-10,12-14,37-40H,1-3,11,15H2,(H,31,34)(H,32,35);1-2H2;/q-1;;+1. The van der Waals surface area contributed by atoms with Gasteiger partial charge in [-0.2, -0.15) is 6.42 Å². The van der Waals surface area contributed by atoms with Gasteiger partial charge in [-0.1, -0.05) is 12.5 Å². The number of halogens is 2. The Morgan fingerprint density at radius 2 is 1.42 bits per heavy atom. The minimum Gasteiger partial charge on any atom is -0.423 e. The van der Waals surface area contributed by atoms with E-state index in [0.29, 0.717) is 19.4 Å². The summed E-state index contributed by atoms with van der Waals surface area (Å²) in [5.41, 5.74) is -0.886. The van der Waals surface area contributed by atoms with Crippen LogP contribution in [-0.4, -0.2) is 65.1 Å². The Morgan fingerprint density at radius 1 is 0.860 bits per heavy atom. The second kappa shape index (κ2) is 18.8. The molecule has 3 amide bonds. The molecule has 10 nitrogen and oxygen atoms in total. The van der Waals surface area contributed by atoms with Gasteiger partial charge in [0.2, 0.25) is 5.91 Å². The first-order chi connectivity index (χ1) is 20.0. The maximum atomic E-state index is 14.0. The van der Waals surface area contributed by atoms with E-state index >= 15 is 0 Å². The van der Waals surface area contributed by atoms with Crippen LogP contribution < -0.4 is 77.8 Å². The number of anilines is 2. The number of unbranched alkanes of at least 4 members (excludes halogenated alkanes) is 1. The zero-order valence-electron chi connectivity index (χ0n) is 23.6. The summed E-state index contributed by atoms with van der Waals surface area (Å²) in [6.45, 7) is 9.55. The van der Waals surface area contributed by atoms with Crippen LogP contribution in [-0.2, 0) is 4.79 Å². The Bertz CT molecular complexity index is 1420. The summed E-state index contributed by atoms with van der Waals surface area (Å²) in [6.07, 6.45) is 1.19. The van der Waals surface area contributed by atoms with Gasteiger partial charge in [-0.25, -0.2) is 8.78 Å². The van der Waals surface area contributed by atoms with Crippen molar-refractivity contribution in [2.45, 2.75) is 12.8 Å². The maximum Gasteiger partial charge on any atom is 1.00 e. The van der Waals surface area contributed by atoms with E-state index in [9.17, 15) is 43.3 Å². The minimum absolute atomic E-state index is 0. The predicted molar refractivity (Wildman–Crippen MR) is 157 cm³/mol. The molecule has 43 heavy (non-hydrogen) atoms. The van der Waals surface area contributed by atoms with E-state index in [1.165, 1.54) is 24.3 Å². The summed E-state index contributed by atoms with van der Waals surface area (Å²) in [5, 5.41) is 42.7. The molecule has 3 aromatic rings. The molecule has 3 aromatic carbocycles. The van der Waals surface area contributed by atoms with E-state index in [4.69, 9.17) is 0 Å². The van der Waals surface area contributed by atoms with Crippen molar-refractivity contribution in [1.29, 1.82) is 0 Å². The molecule has 0 heterocycles. The molecule has 0 spiro atoms. The van der Waals surface area contributed by atoms with E-state index in [2.05, 4.69) is 30.7 Å². The molecule has 0 aromatic heterocycles. The third kappa shape index (κ3) is 11.1. The summed E-state index contributed by atoms with van der Waals surface area (Å²) < 4.78 is 27.8. The van der Waals surface area contributed by atoms with Crippen LogP contribution in [0, 0.1) is 18.6 Å². The van der Waals surface area contributed by atoms with Gasteiger partial charge >= 0.3 is 65.6 Å². The average molecular weight is 619 g/mol. The van der Waals surface area contributed by atoms with Crippen molar-refractivity contribution in [1.82, 2.24) is 5.32 Å². The van der Waals surface area contributed by atoms with Crippen molar-refractivity contribution in [3.05, 3.63) is 104 Å². The average Bonchev–Trinajstić information content (AvgIpc) is 2.97. The van der Waals surface area contributed by atoms with Crippen LogP contribution in [0.5, 0.6) is 0 Å². The summed E-state index contributed by atoms with van der Waals surface area (Å²) in [7, 11) is -4.31. The van der Waals surface area contributed by atoms with Gasteiger partial charge in [-0.3, -0.25) is 19.3 Å². The van der Waals surface area contributed by atoms with Crippen molar-refractivity contribution in [3.8, 4) is 0 Å². The van der Waals surface area contributed by atoms with Gasteiger partial charge in [0.25, 0.3) is 11.8 Å². The first-order valence-corrected chi connectivity index (χ1v) is 12.6. The smallest absolute Gasteiger partial charge is 0.423 e. The molecular formula is C28H30B2F2KN3O7. The molecular weight excluding hydrogens is 589 g/mol. The van der Waals surface area contributed by atoms with Gasteiger partial charge in [0.05, 0.1) is 0 Å². The van der Waals surface area contributed by atoms with Crippen LogP contribution in [0.4, 0.5) is 20.2 Å². The quantitative estimate of drug-likeness (QED) is 0.0613. The van der Waals surface area contributed by atoms with Crippen LogP contribution in [0.3, 0.4) is 0 Å². The fourth-order valence-electron chi connectivity index (χ4n) is 3.70. The molecule has 0 fully saturated rings. The number of carbonyl (C=O) groups is 3. The van der Waals surface area contributed by atoms with Crippen molar-refractivity contribution in [2.24, 2.45) is 0 Å². The second-order valence-corrected chi connectivity index (χ2v) is 8.67. The van der Waals surface area contributed by atoms with Crippen molar-refractivity contribution >= 4 is 54.3 Å². The molecule has 6 N–H and O–H groups in total. The fourth-order valence-corrected chi connectivity index (χ4v) is 3.70. The molecule has 0 aliphatic heterocycles. The van der Waals surface area contributed by atoms with Gasteiger partial charge < -0.3 is 37.7 Å². The van der Waals surface area contributed by atoms with Gasteiger partial charge in [-0.15, -0.1) is 13.2 Å². The molecule has 0 aliphatic carbocycles. The number of hydrogen-bond acceptors (Lipinski definition) is 7. The van der Waals surface area contributed by atoms with Crippen LogP contribution >= 0.6 is 0 Å². The Kier molecular flexibility index (Phi) is 16.8. The summed E-state index contributed by atoms with van der Waals surface area (Å²) in [4.78, 5) is 39.9. The second-order valence-electron chi connectivity index (χ2n) is 8.67. The summed E-state index contributed by atoms with van der Waals surface area (Å²) in [5.74, 6) is -3.84. The Hall–Kier alpha value is -2.72. The van der Waals surface area contributed by atoms with Gasteiger partial charge in [0.1, 0.15) is 18.2 Å². The fraction of sp³-hybridized carbons (Fsp3) is 0.143. The molecule has 3 rings (SSSR count). The monoisotopic (exact) mass is 619 g/mol. The Morgan fingerprint density at radius 3 is 1.98 bits per heavy atom. The third-order valence-electron chi connectivity index (χ3n) is 5.77. The van der Waals surface area contributed by atoms with E-state index in [-0.39, 0.29) is 73.9 Å². The van der Waals surface area contributed by atoms with Crippen LogP contribution in [0.2, 0.25) is 0 Å². The summed E-state index contributed by atoms with van der Waals surface area (Å²) in [6, 6.07) is 11.9. The molecule has 0 atom stereocenters. The molecule has 0 radical (unpaired) electrons. The SMILES string of the molecule is C=C.[CH2-]CCCNC(=O)CN(C(=O)c1ccc(F)c(B(O)O)c1)c1cccc(NC(=O)c2ccc(F)c(B(O)O)c2)c1.[K+]. The molecule has 0 saturated heterocycles. The number of amides is 3. The molecule has 220 valence electrons. The number of nitrogens with zero attached hydrogens (tertiary/aromatic N) is 1. The van der Waals surface area contributed by atoms with Gasteiger partial charge in [-0.05, 0) is 54.6 Å². The third-order valence-corrected chi connectivity index (χ3v) is 5.77. The first kappa shape index (κ1) is 38.3. The van der Waals surface area contributed by atoms with Crippen LogP contribution in [0.25, 0.3) is 0 Å². The zero-order valence-corrected chi connectivity index (χ0v) is 26.7. The van der Waals surface area contributed by atoms with E-state index in [1.807, 2.05) is 0 Å². The summed E-state index contributed by atoms with van der Waals surface area (Å²) >= 11 is 0. The normalized spacial score (nSPS) is 9.93. The molecule has 0 aliphatic rings. The number of benzene rings is 3. The Labute approximate surface area is 291 Å². The largest absolute Gasteiger partial charge is 1.00 e. The zero-order chi connectivity index (χ0) is 31.4. The van der Waals surface area contributed by atoms with Gasteiger partial charge in [0, 0.05) is 40.0 Å². The van der Waals surface area contributed by atoms with Crippen molar-refractivity contribution in [2.75, 3.05) is 23.3 Å². The predicted octanol–water partition coefficient (Wildman–Crippen LogP) is -2.24. The topological polar surface area (TPSA) is 159 Å². The van der Waals surface area contributed by atoms with Crippen molar-refractivity contribution < 1.29 is 94.6 Å². The van der Waals surface area contributed by atoms with Crippen LogP contribution in [0.15, 0.2) is 73.8 Å². The molecule has 15 heteroatoms. The number of hydrogen-bond donors (Lipinski definition) is 6. The first-order valence-electron chi connectivity index (χ1n) is 12.6. The molecule has 0 unspecified atom stereocenters. The van der Waals surface area contributed by atoms with Crippen LogP contribution in [0.1, 0.15) is 33.6 Å². The maximum absolute atomic E-state index is 14.0. The van der Waals surface area contributed by atoms with E-state index in [1.54, 1.807) is 0 Å². The van der Waals surface area contributed by atoms with Gasteiger partial charge in [0.15, 0.2) is 0 Å². The minimum atomic E-state index is -2.18. The number of carbonyl (C=O) groups excluding carboxylic acids is 3. The number of nitrogens with one attached hydrogen (secondary N) is 2. The van der Waals surface area contributed by atoms with E-state index < -0.39 is 61.1 Å².